The Balaban J connectivity index is 1.66. The van der Waals surface area contributed by atoms with Gasteiger partial charge < -0.3 is 14.8 Å². The molecule has 2 rings (SSSR count). The van der Waals surface area contributed by atoms with Crippen LogP contribution in [0.3, 0.4) is 0 Å². The number of esters is 1. The Morgan fingerprint density at radius 1 is 1.09 bits per heavy atom. The lowest BCUT2D eigenvalue weighted by Crippen LogP contribution is -2.34. The summed E-state index contributed by atoms with van der Waals surface area (Å²) in [5, 5.41) is 14.3. The van der Waals surface area contributed by atoms with E-state index >= 15 is 0 Å². The fourth-order valence-corrected chi connectivity index (χ4v) is 2.59. The van der Waals surface area contributed by atoms with Crippen molar-refractivity contribution in [2.75, 3.05) is 13.2 Å². The Hall–Kier alpha value is -3.81. The largest absolute Gasteiger partial charge is 0.573 e. The third kappa shape index (κ3) is 9.34. The van der Waals surface area contributed by atoms with Crippen LogP contribution in [0.2, 0.25) is 0 Å². The molecule has 0 spiro atoms. The summed E-state index contributed by atoms with van der Waals surface area (Å²) < 4.78 is 46.2. The molecular weight excluding hydrogens is 427 g/mol. The number of nitrogens with zero attached hydrogens (tertiary/aromatic N) is 3. The number of ether oxygens (including phenoxy) is 2. The number of carbonyl (C=O) groups excluding carboxylic acids is 1. The van der Waals surface area contributed by atoms with Crippen LogP contribution in [0, 0.1) is 11.5 Å². The van der Waals surface area contributed by atoms with E-state index in [0.717, 1.165) is 25.3 Å². The molecule has 0 amide bonds. The molecule has 0 bridgehead atoms. The summed E-state index contributed by atoms with van der Waals surface area (Å²) in [4.78, 5) is 20.2. The third-order valence-electron chi connectivity index (χ3n) is 4.01. The Morgan fingerprint density at radius 2 is 1.81 bits per heavy atom. The first-order chi connectivity index (χ1) is 15.4. The van der Waals surface area contributed by atoms with Gasteiger partial charge in [-0.2, -0.15) is 5.26 Å². The topological polar surface area (TPSA) is 109 Å². The van der Waals surface area contributed by atoms with Crippen molar-refractivity contribution in [3.63, 3.8) is 0 Å². The molecule has 0 aliphatic carbocycles. The zero-order valence-electron chi connectivity index (χ0n) is 17.1. The maximum Gasteiger partial charge on any atom is 0.573 e. The van der Waals surface area contributed by atoms with Crippen molar-refractivity contribution in [3.05, 3.63) is 54.4 Å². The van der Waals surface area contributed by atoms with Crippen LogP contribution >= 0.6 is 0 Å². The number of benzene rings is 1. The molecule has 0 radical (unpaired) electrons. The highest BCUT2D eigenvalue weighted by Gasteiger charge is 2.33. The molecule has 11 heteroatoms. The minimum Gasteiger partial charge on any atom is -0.462 e. The van der Waals surface area contributed by atoms with Crippen molar-refractivity contribution in [1.82, 2.24) is 15.6 Å². The second kappa shape index (κ2) is 12.8. The molecule has 32 heavy (non-hydrogen) atoms. The number of unbranched alkanes of at least 4 members (excludes halogenated alkanes) is 3. The van der Waals surface area contributed by atoms with Gasteiger partial charge in [-0.05, 0) is 43.5 Å². The van der Waals surface area contributed by atoms with Crippen LogP contribution in [0.25, 0.3) is 0 Å². The summed E-state index contributed by atoms with van der Waals surface area (Å²) in [6, 6.07) is 8.46. The molecule has 8 nitrogen and oxygen atoms in total. The zero-order chi connectivity index (χ0) is 23.2. The second-order valence-electron chi connectivity index (χ2n) is 6.42. The number of para-hydroxylation sites is 1. The summed E-state index contributed by atoms with van der Waals surface area (Å²) >= 11 is 0. The van der Waals surface area contributed by atoms with E-state index in [-0.39, 0.29) is 12.2 Å². The first-order valence-corrected chi connectivity index (χ1v) is 9.78. The van der Waals surface area contributed by atoms with Gasteiger partial charge in [0.2, 0.25) is 5.96 Å². The van der Waals surface area contributed by atoms with E-state index in [1.54, 1.807) is 24.5 Å². The summed E-state index contributed by atoms with van der Waals surface area (Å²) in [5.41, 5.74) is 0.370. The first-order valence-electron chi connectivity index (χ1n) is 9.78. The Morgan fingerprint density at radius 3 is 2.53 bits per heavy atom. The summed E-state index contributed by atoms with van der Waals surface area (Å²) in [7, 11) is 0. The lowest BCUT2D eigenvalue weighted by Gasteiger charge is -2.12. The number of carbonyl (C=O) groups is 1. The number of pyridine rings is 1. The minimum atomic E-state index is -4.89. The average Bonchev–Trinajstić information content (AvgIpc) is 2.75. The van der Waals surface area contributed by atoms with Crippen molar-refractivity contribution in [2.24, 2.45) is 4.99 Å². The van der Waals surface area contributed by atoms with Gasteiger partial charge in [0.1, 0.15) is 11.3 Å². The molecule has 1 aromatic carbocycles. The van der Waals surface area contributed by atoms with E-state index in [0.29, 0.717) is 24.6 Å². The van der Waals surface area contributed by atoms with Crippen molar-refractivity contribution < 1.29 is 27.4 Å². The number of aliphatic imine (C=N–C) groups is 1. The highest BCUT2D eigenvalue weighted by Crippen LogP contribution is 2.26. The lowest BCUT2D eigenvalue weighted by atomic mass is 10.2. The SMILES string of the molecule is N#CNC(=Nc1ccncc1)NCCCCCCOC(=O)c1ccccc1OC(F)(F)F. The zero-order valence-corrected chi connectivity index (χ0v) is 17.1. The number of guanidine groups is 1. The van der Waals surface area contributed by atoms with Crippen LogP contribution in [0.1, 0.15) is 36.0 Å². The Bertz CT molecular complexity index is 930. The number of nitriles is 1. The molecule has 2 N–H and O–H groups in total. The van der Waals surface area contributed by atoms with Gasteiger partial charge >= 0.3 is 12.3 Å². The maximum atomic E-state index is 12.4. The molecule has 0 saturated heterocycles. The molecule has 0 unspecified atom stereocenters. The summed E-state index contributed by atoms with van der Waals surface area (Å²) in [6.07, 6.45) is 3.01. The highest BCUT2D eigenvalue weighted by molar-refractivity contribution is 5.92. The molecule has 0 fully saturated rings. The molecule has 0 saturated carbocycles. The monoisotopic (exact) mass is 449 g/mol. The number of alkyl halides is 3. The molecule has 2 aromatic rings. The molecule has 1 aromatic heterocycles. The fourth-order valence-electron chi connectivity index (χ4n) is 2.59. The average molecular weight is 449 g/mol. The first kappa shape index (κ1) is 24.5. The van der Waals surface area contributed by atoms with Crippen molar-refractivity contribution in [3.8, 4) is 11.9 Å². The van der Waals surface area contributed by atoms with Crippen LogP contribution in [0.5, 0.6) is 5.75 Å². The molecule has 0 aliphatic heterocycles. The van der Waals surface area contributed by atoms with Crippen LogP contribution in [0.15, 0.2) is 53.8 Å². The predicted octanol–water partition coefficient (Wildman–Crippen LogP) is 4.05. The van der Waals surface area contributed by atoms with Gasteiger partial charge in [-0.1, -0.05) is 18.6 Å². The van der Waals surface area contributed by atoms with E-state index in [9.17, 15) is 18.0 Å². The molecular formula is C21H22F3N5O3. The van der Waals surface area contributed by atoms with Gasteiger partial charge in [-0.25, -0.2) is 9.79 Å². The third-order valence-corrected chi connectivity index (χ3v) is 4.01. The van der Waals surface area contributed by atoms with Gasteiger partial charge in [0.25, 0.3) is 0 Å². The van der Waals surface area contributed by atoms with Crippen molar-refractivity contribution in [2.45, 2.75) is 32.0 Å². The number of nitrogens with one attached hydrogen (secondary N) is 2. The molecule has 170 valence electrons. The number of halogens is 3. The van der Waals surface area contributed by atoms with Gasteiger partial charge in [-0.3, -0.25) is 10.3 Å². The van der Waals surface area contributed by atoms with Gasteiger partial charge in [0, 0.05) is 18.9 Å². The van der Waals surface area contributed by atoms with E-state index in [2.05, 4.69) is 25.3 Å². The normalized spacial score (nSPS) is 11.4. The van der Waals surface area contributed by atoms with Gasteiger partial charge in [0.15, 0.2) is 6.19 Å². The standard InChI is InChI=1S/C21H22F3N5O3/c22-21(23,24)32-18-8-4-3-7-17(18)19(30)31-14-6-2-1-5-11-27-20(28-15-25)29-16-9-12-26-13-10-16/h3-4,7-10,12-13H,1-2,5-6,11,14H2,(H2,26,27,28,29). The minimum absolute atomic E-state index is 0.0807. The lowest BCUT2D eigenvalue weighted by molar-refractivity contribution is -0.274. The van der Waals surface area contributed by atoms with E-state index in [1.807, 2.05) is 6.19 Å². The maximum absolute atomic E-state index is 12.4. The number of hydrogen-bond acceptors (Lipinski definition) is 6. The van der Waals surface area contributed by atoms with Crippen LogP contribution in [-0.2, 0) is 4.74 Å². The van der Waals surface area contributed by atoms with E-state index in [4.69, 9.17) is 10.00 Å². The van der Waals surface area contributed by atoms with Crippen LogP contribution in [-0.4, -0.2) is 36.4 Å². The number of rotatable bonds is 10. The van der Waals surface area contributed by atoms with E-state index < -0.39 is 18.1 Å². The van der Waals surface area contributed by atoms with Crippen LogP contribution in [0.4, 0.5) is 18.9 Å². The summed E-state index contributed by atoms with van der Waals surface area (Å²) in [5.74, 6) is -1.13. The molecule has 1 heterocycles. The van der Waals surface area contributed by atoms with Gasteiger partial charge in [0.05, 0.1) is 12.3 Å². The smallest absolute Gasteiger partial charge is 0.462 e. The van der Waals surface area contributed by atoms with Crippen molar-refractivity contribution >= 4 is 17.6 Å². The highest BCUT2D eigenvalue weighted by atomic mass is 19.4. The fraction of sp³-hybridized carbons (Fsp3) is 0.333. The Kier molecular flexibility index (Phi) is 9.77. The summed E-state index contributed by atoms with van der Waals surface area (Å²) in [6.45, 7) is 0.651. The molecule has 0 atom stereocenters. The number of hydrogen-bond donors (Lipinski definition) is 2. The second-order valence-corrected chi connectivity index (χ2v) is 6.42. The van der Waals surface area contributed by atoms with Crippen molar-refractivity contribution in [1.29, 1.82) is 5.26 Å². The Labute approximate surface area is 183 Å². The predicted molar refractivity (Wildman–Crippen MR) is 110 cm³/mol. The quantitative estimate of drug-likeness (QED) is 0.141. The molecule has 0 aliphatic rings. The number of aromatic nitrogens is 1. The van der Waals surface area contributed by atoms with Gasteiger partial charge in [-0.15, -0.1) is 13.2 Å². The van der Waals surface area contributed by atoms with Crippen LogP contribution < -0.4 is 15.4 Å². The van der Waals surface area contributed by atoms with E-state index in [1.165, 1.54) is 18.2 Å².